The summed E-state index contributed by atoms with van der Waals surface area (Å²) in [5, 5.41) is 14.2. The van der Waals surface area contributed by atoms with Gasteiger partial charge < -0.3 is 20.2 Å². The van der Waals surface area contributed by atoms with Crippen LogP contribution in [0.25, 0.3) is 6.08 Å². The zero-order valence-corrected chi connectivity index (χ0v) is 14.4. The average Bonchev–Trinajstić information content (AvgIpc) is 3.14. The van der Waals surface area contributed by atoms with Crippen molar-refractivity contribution in [1.29, 1.82) is 0 Å². The zero-order valence-electron chi connectivity index (χ0n) is 14.4. The fraction of sp³-hybridized carbons (Fsp3) is 0.211. The number of amides is 2. The Bertz CT molecular complexity index is 795. The van der Waals surface area contributed by atoms with Crippen LogP contribution in [0.2, 0.25) is 0 Å². The molecule has 0 aliphatic rings. The molecule has 3 N–H and O–H groups in total. The number of aliphatic carboxylic acids is 1. The molecule has 2 aromatic rings. The second kappa shape index (κ2) is 8.66. The first-order chi connectivity index (χ1) is 12.4. The number of carbonyl (C=O) groups is 3. The first-order valence-corrected chi connectivity index (χ1v) is 8.03. The summed E-state index contributed by atoms with van der Waals surface area (Å²) in [6.45, 7) is 3.36. The van der Waals surface area contributed by atoms with Crippen molar-refractivity contribution in [2.24, 2.45) is 5.92 Å². The summed E-state index contributed by atoms with van der Waals surface area (Å²) in [6.07, 6.45) is 2.81. The molecule has 0 saturated carbocycles. The van der Waals surface area contributed by atoms with E-state index in [9.17, 15) is 19.5 Å². The fourth-order valence-electron chi connectivity index (χ4n) is 2.20. The Balaban J connectivity index is 2.27. The maximum absolute atomic E-state index is 12.6. The second-order valence-corrected chi connectivity index (χ2v) is 5.93. The maximum atomic E-state index is 12.6. The molecule has 0 saturated heterocycles. The molecule has 2 rings (SSSR count). The topological polar surface area (TPSA) is 109 Å². The smallest absolute Gasteiger partial charge is 0.326 e. The summed E-state index contributed by atoms with van der Waals surface area (Å²) in [7, 11) is 0. The maximum Gasteiger partial charge on any atom is 0.326 e. The number of hydrogen-bond acceptors (Lipinski definition) is 4. The van der Waals surface area contributed by atoms with Crippen LogP contribution in [-0.2, 0) is 9.59 Å². The largest absolute Gasteiger partial charge is 0.480 e. The number of nitrogens with one attached hydrogen (secondary N) is 2. The van der Waals surface area contributed by atoms with Gasteiger partial charge in [0.2, 0.25) is 0 Å². The van der Waals surface area contributed by atoms with Crippen LogP contribution >= 0.6 is 0 Å². The molecule has 26 heavy (non-hydrogen) atoms. The van der Waals surface area contributed by atoms with Gasteiger partial charge in [0.15, 0.2) is 5.76 Å². The quantitative estimate of drug-likeness (QED) is 0.660. The third-order valence-corrected chi connectivity index (χ3v) is 3.57. The van der Waals surface area contributed by atoms with Gasteiger partial charge >= 0.3 is 5.97 Å². The van der Waals surface area contributed by atoms with Crippen LogP contribution in [-0.4, -0.2) is 28.9 Å². The van der Waals surface area contributed by atoms with E-state index < -0.39 is 23.8 Å². The van der Waals surface area contributed by atoms with Gasteiger partial charge in [-0.2, -0.15) is 0 Å². The minimum absolute atomic E-state index is 0.0374. The molecule has 136 valence electrons. The Morgan fingerprint density at radius 2 is 1.77 bits per heavy atom. The number of hydrogen-bond donors (Lipinski definition) is 3. The number of carboxylic acids is 1. The third kappa shape index (κ3) is 5.07. The molecule has 1 aromatic carbocycles. The van der Waals surface area contributed by atoms with E-state index in [1.165, 1.54) is 18.4 Å². The van der Waals surface area contributed by atoms with Gasteiger partial charge in [0.1, 0.15) is 11.7 Å². The van der Waals surface area contributed by atoms with Gasteiger partial charge in [-0.1, -0.05) is 44.2 Å². The number of benzene rings is 1. The lowest BCUT2D eigenvalue weighted by atomic mass is 10.0. The van der Waals surface area contributed by atoms with E-state index in [4.69, 9.17) is 4.42 Å². The molecule has 1 heterocycles. The Hall–Kier alpha value is -3.35. The SMILES string of the molecule is CC(C)C(NC(=O)/C(=C/c1ccccc1)NC(=O)c1ccco1)C(=O)O. The third-order valence-electron chi connectivity index (χ3n) is 3.57. The van der Waals surface area contributed by atoms with Crippen molar-refractivity contribution in [1.82, 2.24) is 10.6 Å². The van der Waals surface area contributed by atoms with Crippen LogP contribution in [0.3, 0.4) is 0 Å². The molecular weight excluding hydrogens is 336 g/mol. The lowest BCUT2D eigenvalue weighted by molar-refractivity contribution is -0.142. The molecule has 1 unspecified atom stereocenters. The van der Waals surface area contributed by atoms with E-state index in [0.29, 0.717) is 5.56 Å². The predicted octanol–water partition coefficient (Wildman–Crippen LogP) is 2.28. The van der Waals surface area contributed by atoms with Crippen LogP contribution in [0.15, 0.2) is 58.8 Å². The number of rotatable bonds is 7. The van der Waals surface area contributed by atoms with E-state index in [2.05, 4.69) is 10.6 Å². The molecule has 0 aliphatic heterocycles. The van der Waals surface area contributed by atoms with Crippen molar-refractivity contribution in [2.75, 3.05) is 0 Å². The molecule has 7 heteroatoms. The summed E-state index contributed by atoms with van der Waals surface area (Å²) in [4.78, 5) is 36.1. The van der Waals surface area contributed by atoms with Gasteiger partial charge in [-0.25, -0.2) is 4.79 Å². The van der Waals surface area contributed by atoms with Gasteiger partial charge in [-0.3, -0.25) is 9.59 Å². The normalized spacial score (nSPS) is 12.5. The van der Waals surface area contributed by atoms with E-state index in [1.54, 1.807) is 44.2 Å². The van der Waals surface area contributed by atoms with E-state index >= 15 is 0 Å². The molecule has 1 aromatic heterocycles. The molecule has 0 fully saturated rings. The van der Waals surface area contributed by atoms with E-state index in [-0.39, 0.29) is 17.4 Å². The summed E-state index contributed by atoms with van der Waals surface area (Å²) >= 11 is 0. The Kier molecular flexibility index (Phi) is 6.32. The van der Waals surface area contributed by atoms with Crippen LogP contribution < -0.4 is 10.6 Å². The summed E-state index contributed by atoms with van der Waals surface area (Å²) < 4.78 is 5.02. The Labute approximate surface area is 150 Å². The number of furan rings is 1. The van der Waals surface area contributed by atoms with Crippen LogP contribution in [0.4, 0.5) is 0 Å². The molecule has 0 radical (unpaired) electrons. The standard InChI is InChI=1S/C19H20N2O5/c1-12(2)16(19(24)25)21-17(22)14(11-13-7-4-3-5-8-13)20-18(23)15-9-6-10-26-15/h3-12,16H,1-2H3,(H,20,23)(H,21,22)(H,24,25)/b14-11-. The highest BCUT2D eigenvalue weighted by Gasteiger charge is 2.26. The minimum Gasteiger partial charge on any atom is -0.480 e. The van der Waals surface area contributed by atoms with Gasteiger partial charge in [-0.15, -0.1) is 0 Å². The summed E-state index contributed by atoms with van der Waals surface area (Å²) in [6, 6.07) is 10.8. The molecule has 2 amide bonds. The van der Waals surface area contributed by atoms with Crippen LogP contribution in [0.1, 0.15) is 30.0 Å². The molecule has 0 spiro atoms. The summed E-state index contributed by atoms with van der Waals surface area (Å²) in [5.74, 6) is -2.74. The lowest BCUT2D eigenvalue weighted by Crippen LogP contribution is -2.47. The highest BCUT2D eigenvalue weighted by molar-refractivity contribution is 6.05. The Morgan fingerprint density at radius 3 is 2.31 bits per heavy atom. The lowest BCUT2D eigenvalue weighted by Gasteiger charge is -2.19. The molecule has 0 aliphatic carbocycles. The highest BCUT2D eigenvalue weighted by atomic mass is 16.4. The van der Waals surface area contributed by atoms with E-state index in [1.807, 2.05) is 6.07 Å². The highest BCUT2D eigenvalue weighted by Crippen LogP contribution is 2.09. The van der Waals surface area contributed by atoms with Crippen LogP contribution in [0.5, 0.6) is 0 Å². The van der Waals surface area contributed by atoms with E-state index in [0.717, 1.165) is 0 Å². The van der Waals surface area contributed by atoms with Crippen LogP contribution in [0, 0.1) is 5.92 Å². The van der Waals surface area contributed by atoms with Crippen molar-refractivity contribution >= 4 is 23.9 Å². The van der Waals surface area contributed by atoms with Crippen molar-refractivity contribution in [3.63, 3.8) is 0 Å². The number of carbonyl (C=O) groups excluding carboxylic acids is 2. The fourth-order valence-corrected chi connectivity index (χ4v) is 2.20. The zero-order chi connectivity index (χ0) is 19.1. The second-order valence-electron chi connectivity index (χ2n) is 5.93. The minimum atomic E-state index is -1.15. The number of carboxylic acid groups (broad SMARTS) is 1. The van der Waals surface area contributed by atoms with Crippen molar-refractivity contribution in [2.45, 2.75) is 19.9 Å². The first-order valence-electron chi connectivity index (χ1n) is 8.03. The van der Waals surface area contributed by atoms with Gasteiger partial charge in [-0.05, 0) is 29.7 Å². The van der Waals surface area contributed by atoms with Crippen molar-refractivity contribution in [3.05, 3.63) is 65.7 Å². The van der Waals surface area contributed by atoms with Crippen molar-refractivity contribution < 1.29 is 23.9 Å². The van der Waals surface area contributed by atoms with Gasteiger partial charge in [0.25, 0.3) is 11.8 Å². The molecule has 1 atom stereocenters. The molecule has 0 bridgehead atoms. The Morgan fingerprint density at radius 1 is 1.08 bits per heavy atom. The first kappa shape index (κ1) is 19.0. The average molecular weight is 356 g/mol. The molecule has 7 nitrogen and oxygen atoms in total. The summed E-state index contributed by atoms with van der Waals surface area (Å²) in [5.41, 5.74) is 0.596. The predicted molar refractivity (Wildman–Crippen MR) is 95.0 cm³/mol. The monoisotopic (exact) mass is 356 g/mol. The van der Waals surface area contributed by atoms with Gasteiger partial charge in [0, 0.05) is 0 Å². The van der Waals surface area contributed by atoms with Gasteiger partial charge in [0.05, 0.1) is 6.26 Å². The van der Waals surface area contributed by atoms with Crippen molar-refractivity contribution in [3.8, 4) is 0 Å². The molecular formula is C19H20N2O5.